The molecule has 1 atom stereocenters. The van der Waals surface area contributed by atoms with Gasteiger partial charge in [-0.1, -0.05) is 0 Å². The van der Waals surface area contributed by atoms with Crippen LogP contribution in [0.4, 0.5) is 9.93 Å². The molecule has 2 heterocycles. The maximum absolute atomic E-state index is 11.9. The van der Waals surface area contributed by atoms with Crippen molar-refractivity contribution < 1.29 is 9.90 Å². The van der Waals surface area contributed by atoms with Gasteiger partial charge in [0, 0.05) is 18.1 Å². The number of hydrogen-bond acceptors (Lipinski definition) is 5. The predicted octanol–water partition coefficient (Wildman–Crippen LogP) is 1.23. The third-order valence-corrected chi connectivity index (χ3v) is 3.43. The zero-order chi connectivity index (χ0) is 12.5. The van der Waals surface area contributed by atoms with Crippen molar-refractivity contribution in [1.82, 2.24) is 14.3 Å². The molecule has 0 saturated carbocycles. The van der Waals surface area contributed by atoms with Crippen LogP contribution in [0.3, 0.4) is 0 Å². The van der Waals surface area contributed by atoms with E-state index in [0.29, 0.717) is 24.0 Å². The van der Waals surface area contributed by atoms with E-state index in [1.165, 1.54) is 0 Å². The molecule has 0 aliphatic carbocycles. The Labute approximate surface area is 104 Å². The summed E-state index contributed by atoms with van der Waals surface area (Å²) in [5, 5.41) is 13.1. The molecule has 1 saturated heterocycles. The summed E-state index contributed by atoms with van der Waals surface area (Å²) in [5.41, 5.74) is -0.785. The average molecular weight is 256 g/mol. The second-order valence-electron chi connectivity index (χ2n) is 4.60. The number of aromatic nitrogens is 2. The van der Waals surface area contributed by atoms with Crippen molar-refractivity contribution in [3.63, 3.8) is 0 Å². The lowest BCUT2D eigenvalue weighted by atomic mass is 9.95. The second kappa shape index (κ2) is 4.58. The molecule has 1 aliphatic rings. The summed E-state index contributed by atoms with van der Waals surface area (Å²) in [4.78, 5) is 17.6. The summed E-state index contributed by atoms with van der Waals surface area (Å²) in [6.45, 7) is 4.55. The number of urea groups is 1. The van der Waals surface area contributed by atoms with E-state index in [-0.39, 0.29) is 6.03 Å². The number of carbonyl (C=O) groups excluding carboxylic acids is 1. The highest BCUT2D eigenvalue weighted by Gasteiger charge is 2.31. The number of nitrogens with one attached hydrogen (secondary N) is 1. The van der Waals surface area contributed by atoms with Gasteiger partial charge < -0.3 is 10.0 Å². The summed E-state index contributed by atoms with van der Waals surface area (Å²) in [7, 11) is 0. The lowest BCUT2D eigenvalue weighted by Gasteiger charge is -2.36. The average Bonchev–Trinajstić information content (AvgIpc) is 2.62. The number of aliphatic hydroxyl groups is 1. The molecule has 1 unspecified atom stereocenters. The van der Waals surface area contributed by atoms with E-state index in [2.05, 4.69) is 14.7 Å². The van der Waals surface area contributed by atoms with E-state index in [1.807, 2.05) is 0 Å². The number of nitrogens with zero attached hydrogens (tertiary/aromatic N) is 3. The molecule has 17 heavy (non-hydrogen) atoms. The molecule has 1 aromatic heterocycles. The van der Waals surface area contributed by atoms with Crippen molar-refractivity contribution in [3.05, 3.63) is 5.82 Å². The fraction of sp³-hybridized carbons (Fsp3) is 0.700. The van der Waals surface area contributed by atoms with Gasteiger partial charge in [-0.05, 0) is 26.7 Å². The van der Waals surface area contributed by atoms with Crippen molar-refractivity contribution in [2.24, 2.45) is 0 Å². The van der Waals surface area contributed by atoms with E-state index < -0.39 is 5.60 Å². The summed E-state index contributed by atoms with van der Waals surface area (Å²) >= 11 is 1.16. The molecular formula is C10H16N4O2S. The number of piperidine rings is 1. The summed E-state index contributed by atoms with van der Waals surface area (Å²) < 4.78 is 3.99. The van der Waals surface area contributed by atoms with Crippen LogP contribution in [0.2, 0.25) is 0 Å². The number of carbonyl (C=O) groups is 1. The van der Waals surface area contributed by atoms with E-state index >= 15 is 0 Å². The van der Waals surface area contributed by atoms with Crippen molar-refractivity contribution in [2.45, 2.75) is 32.3 Å². The number of rotatable bonds is 1. The van der Waals surface area contributed by atoms with Crippen LogP contribution in [0.15, 0.2) is 0 Å². The monoisotopic (exact) mass is 256 g/mol. The van der Waals surface area contributed by atoms with Crippen molar-refractivity contribution in [1.29, 1.82) is 0 Å². The topological polar surface area (TPSA) is 78.4 Å². The van der Waals surface area contributed by atoms with Crippen molar-refractivity contribution in [2.75, 3.05) is 18.4 Å². The predicted molar refractivity (Wildman–Crippen MR) is 65.1 cm³/mol. The van der Waals surface area contributed by atoms with Gasteiger partial charge in [0.1, 0.15) is 5.82 Å². The minimum atomic E-state index is -0.785. The Bertz CT molecular complexity index is 418. The smallest absolute Gasteiger partial charge is 0.323 e. The van der Waals surface area contributed by atoms with E-state index in [4.69, 9.17) is 0 Å². The SMILES string of the molecule is Cc1nsc(NC(=O)N2CCCC(C)(O)C2)n1. The number of hydrogen-bond donors (Lipinski definition) is 2. The van der Waals surface area contributed by atoms with Crippen LogP contribution in [0, 0.1) is 6.92 Å². The summed E-state index contributed by atoms with van der Waals surface area (Å²) in [6.07, 6.45) is 1.55. The van der Waals surface area contributed by atoms with Crippen molar-refractivity contribution in [3.8, 4) is 0 Å². The van der Waals surface area contributed by atoms with Gasteiger partial charge >= 0.3 is 6.03 Å². The zero-order valence-electron chi connectivity index (χ0n) is 9.93. The van der Waals surface area contributed by atoms with Gasteiger partial charge in [-0.3, -0.25) is 5.32 Å². The van der Waals surface area contributed by atoms with Crippen LogP contribution >= 0.6 is 11.5 Å². The molecule has 1 aliphatic heterocycles. The Morgan fingerprint density at radius 3 is 3.00 bits per heavy atom. The van der Waals surface area contributed by atoms with Gasteiger partial charge in [0.05, 0.1) is 12.1 Å². The lowest BCUT2D eigenvalue weighted by molar-refractivity contribution is -0.000635. The largest absolute Gasteiger partial charge is 0.388 e. The lowest BCUT2D eigenvalue weighted by Crippen LogP contribution is -2.49. The molecule has 0 aromatic carbocycles. The maximum atomic E-state index is 11.9. The second-order valence-corrected chi connectivity index (χ2v) is 5.35. The number of anilines is 1. The van der Waals surface area contributed by atoms with Crippen LogP contribution in [-0.4, -0.2) is 44.1 Å². The van der Waals surface area contributed by atoms with E-state index in [9.17, 15) is 9.90 Å². The van der Waals surface area contributed by atoms with Gasteiger partial charge in [-0.25, -0.2) is 9.78 Å². The fourth-order valence-corrected chi connectivity index (χ4v) is 2.48. The van der Waals surface area contributed by atoms with E-state index in [0.717, 1.165) is 24.4 Å². The molecule has 1 fully saturated rings. The Morgan fingerprint density at radius 1 is 1.65 bits per heavy atom. The fourth-order valence-electron chi connectivity index (χ4n) is 1.91. The van der Waals surface area contributed by atoms with Gasteiger partial charge in [0.25, 0.3) is 0 Å². The third-order valence-electron chi connectivity index (χ3n) is 2.70. The molecule has 2 amide bonds. The van der Waals surface area contributed by atoms with Crippen LogP contribution < -0.4 is 5.32 Å². The van der Waals surface area contributed by atoms with Gasteiger partial charge in [-0.2, -0.15) is 4.37 Å². The first-order valence-electron chi connectivity index (χ1n) is 5.55. The Hall–Kier alpha value is -1.21. The van der Waals surface area contributed by atoms with Crippen molar-refractivity contribution >= 4 is 22.7 Å². The molecule has 2 N–H and O–H groups in total. The molecule has 1 aromatic rings. The molecular weight excluding hydrogens is 240 g/mol. The highest BCUT2D eigenvalue weighted by molar-refractivity contribution is 7.09. The highest BCUT2D eigenvalue weighted by Crippen LogP contribution is 2.21. The number of likely N-dealkylation sites (tertiary alicyclic amines) is 1. The Morgan fingerprint density at radius 2 is 2.41 bits per heavy atom. The first-order chi connectivity index (χ1) is 7.96. The number of amides is 2. The van der Waals surface area contributed by atoms with Crippen LogP contribution in [-0.2, 0) is 0 Å². The maximum Gasteiger partial charge on any atom is 0.323 e. The zero-order valence-corrected chi connectivity index (χ0v) is 10.8. The summed E-state index contributed by atoms with van der Waals surface area (Å²) in [6, 6.07) is -0.221. The summed E-state index contributed by atoms with van der Waals surface area (Å²) in [5.74, 6) is 0.649. The molecule has 0 bridgehead atoms. The molecule has 0 radical (unpaired) electrons. The highest BCUT2D eigenvalue weighted by atomic mass is 32.1. The molecule has 6 nitrogen and oxygen atoms in total. The Balaban J connectivity index is 1.96. The first kappa shape index (κ1) is 12.3. The van der Waals surface area contributed by atoms with Gasteiger partial charge in [0.15, 0.2) is 0 Å². The minimum absolute atomic E-state index is 0.221. The minimum Gasteiger partial charge on any atom is -0.388 e. The van der Waals surface area contributed by atoms with E-state index in [1.54, 1.807) is 18.7 Å². The molecule has 2 rings (SSSR count). The number of aryl methyl sites for hydroxylation is 1. The molecule has 0 spiro atoms. The number of β-amino-alcohol motifs (C(OH)–C–C–N with tert-alkyl or cyclic N) is 1. The van der Waals surface area contributed by atoms with Gasteiger partial charge in [-0.15, -0.1) is 0 Å². The molecule has 94 valence electrons. The van der Waals surface area contributed by atoms with Gasteiger partial charge in [0.2, 0.25) is 5.13 Å². The van der Waals surface area contributed by atoms with Crippen LogP contribution in [0.1, 0.15) is 25.6 Å². The normalized spacial score (nSPS) is 24.8. The quantitative estimate of drug-likeness (QED) is 0.792. The standard InChI is InChI=1S/C10H16N4O2S/c1-7-11-8(17-13-7)12-9(15)14-5-3-4-10(2,16)6-14/h16H,3-6H2,1-2H3,(H,11,12,13,15). The third kappa shape index (κ3) is 3.13. The van der Waals surface area contributed by atoms with Crippen LogP contribution in [0.25, 0.3) is 0 Å². The van der Waals surface area contributed by atoms with Crippen LogP contribution in [0.5, 0.6) is 0 Å². The first-order valence-corrected chi connectivity index (χ1v) is 6.32. The Kier molecular flexibility index (Phi) is 3.30. The molecule has 7 heteroatoms.